The van der Waals surface area contributed by atoms with Gasteiger partial charge in [-0.15, -0.1) is 0 Å². The van der Waals surface area contributed by atoms with Gasteiger partial charge in [0.2, 0.25) is 0 Å². The smallest absolute Gasteiger partial charge is 0.137 e. The summed E-state index contributed by atoms with van der Waals surface area (Å²) in [6.45, 7) is 2.29. The number of hydrogen-bond donors (Lipinski definition) is 1. The SMILES string of the molecule is CCCC1CCC(C(Cc2ccc(F)c(Br)c2)NC)CC1. The highest BCUT2D eigenvalue weighted by atomic mass is 79.9. The molecule has 1 unspecified atom stereocenters. The number of rotatable bonds is 6. The van der Waals surface area contributed by atoms with E-state index in [9.17, 15) is 4.39 Å². The minimum atomic E-state index is -0.181. The molecule has 0 aliphatic heterocycles. The molecule has 1 aromatic carbocycles. The highest BCUT2D eigenvalue weighted by Crippen LogP contribution is 2.34. The lowest BCUT2D eigenvalue weighted by molar-refractivity contribution is 0.217. The van der Waals surface area contributed by atoms with E-state index in [0.717, 1.165) is 18.3 Å². The first-order valence-corrected chi connectivity index (χ1v) is 9.04. The molecule has 0 spiro atoms. The molecule has 0 aromatic heterocycles. The Kier molecular flexibility index (Phi) is 6.69. The number of hydrogen-bond acceptors (Lipinski definition) is 1. The monoisotopic (exact) mass is 355 g/mol. The zero-order chi connectivity index (χ0) is 15.2. The molecule has 1 saturated carbocycles. The lowest BCUT2D eigenvalue weighted by Crippen LogP contribution is -2.37. The van der Waals surface area contributed by atoms with Crippen LogP contribution >= 0.6 is 15.9 Å². The fourth-order valence-electron chi connectivity index (χ4n) is 3.71. The summed E-state index contributed by atoms with van der Waals surface area (Å²) >= 11 is 3.28. The van der Waals surface area contributed by atoms with E-state index in [4.69, 9.17) is 0 Å². The predicted molar refractivity (Wildman–Crippen MR) is 91.0 cm³/mol. The van der Waals surface area contributed by atoms with Crippen molar-refractivity contribution < 1.29 is 4.39 Å². The average molecular weight is 356 g/mol. The minimum absolute atomic E-state index is 0.181. The van der Waals surface area contributed by atoms with Crippen molar-refractivity contribution in [2.75, 3.05) is 7.05 Å². The molecule has 118 valence electrons. The molecule has 1 aliphatic rings. The summed E-state index contributed by atoms with van der Waals surface area (Å²) in [4.78, 5) is 0. The van der Waals surface area contributed by atoms with Crippen LogP contribution < -0.4 is 5.32 Å². The summed E-state index contributed by atoms with van der Waals surface area (Å²) in [5, 5.41) is 3.49. The molecule has 1 aromatic rings. The molecule has 0 amide bonds. The molecule has 2 rings (SSSR count). The van der Waals surface area contributed by atoms with Crippen molar-refractivity contribution in [3.05, 3.63) is 34.1 Å². The molecule has 21 heavy (non-hydrogen) atoms. The lowest BCUT2D eigenvalue weighted by atomic mass is 9.76. The largest absolute Gasteiger partial charge is 0.316 e. The van der Waals surface area contributed by atoms with Crippen LogP contribution in [0.2, 0.25) is 0 Å². The molecule has 1 fully saturated rings. The van der Waals surface area contributed by atoms with Gasteiger partial charge in [0, 0.05) is 6.04 Å². The molecular weight excluding hydrogens is 329 g/mol. The van der Waals surface area contributed by atoms with Crippen LogP contribution in [0.15, 0.2) is 22.7 Å². The van der Waals surface area contributed by atoms with Gasteiger partial charge >= 0.3 is 0 Å². The molecule has 1 aliphatic carbocycles. The van der Waals surface area contributed by atoms with Crippen LogP contribution in [0.1, 0.15) is 51.0 Å². The maximum absolute atomic E-state index is 13.3. The van der Waals surface area contributed by atoms with Gasteiger partial charge in [0.15, 0.2) is 0 Å². The molecule has 0 saturated heterocycles. The Hall–Kier alpha value is -0.410. The van der Waals surface area contributed by atoms with Gasteiger partial charge in [0.1, 0.15) is 5.82 Å². The number of halogens is 2. The maximum Gasteiger partial charge on any atom is 0.137 e. The van der Waals surface area contributed by atoms with Gasteiger partial charge in [-0.05, 0) is 71.8 Å². The highest BCUT2D eigenvalue weighted by molar-refractivity contribution is 9.10. The fraction of sp³-hybridized carbons (Fsp3) is 0.667. The van der Waals surface area contributed by atoms with E-state index >= 15 is 0 Å². The van der Waals surface area contributed by atoms with Crippen molar-refractivity contribution in [1.29, 1.82) is 0 Å². The van der Waals surface area contributed by atoms with E-state index in [1.165, 1.54) is 44.1 Å². The van der Waals surface area contributed by atoms with Gasteiger partial charge in [-0.1, -0.05) is 38.7 Å². The number of likely N-dealkylation sites (N-methyl/N-ethyl adjacent to an activating group) is 1. The third-order valence-electron chi connectivity index (χ3n) is 4.97. The molecule has 0 bridgehead atoms. The van der Waals surface area contributed by atoms with Gasteiger partial charge in [0.05, 0.1) is 4.47 Å². The van der Waals surface area contributed by atoms with Gasteiger partial charge in [0.25, 0.3) is 0 Å². The first kappa shape index (κ1) is 17.0. The molecule has 0 heterocycles. The molecule has 1 N–H and O–H groups in total. The Bertz CT molecular complexity index is 441. The average Bonchev–Trinajstić information content (AvgIpc) is 2.50. The van der Waals surface area contributed by atoms with Crippen LogP contribution in [0.4, 0.5) is 4.39 Å². The van der Waals surface area contributed by atoms with Gasteiger partial charge in [-0.2, -0.15) is 0 Å². The first-order chi connectivity index (χ1) is 10.1. The lowest BCUT2D eigenvalue weighted by Gasteiger charge is -2.34. The molecule has 0 radical (unpaired) electrons. The summed E-state index contributed by atoms with van der Waals surface area (Å²) in [6.07, 6.45) is 9.11. The fourth-order valence-corrected chi connectivity index (χ4v) is 4.14. The van der Waals surface area contributed by atoms with Gasteiger partial charge in [-0.25, -0.2) is 4.39 Å². The standard InChI is InChI=1S/C18H27BrFN/c1-3-4-13-5-8-15(9-6-13)18(21-2)12-14-7-10-17(20)16(19)11-14/h7,10-11,13,15,18,21H,3-6,8-9,12H2,1-2H3. The van der Waals surface area contributed by atoms with Crippen LogP contribution in [-0.4, -0.2) is 13.1 Å². The second-order valence-electron chi connectivity index (χ2n) is 6.42. The molecule has 1 atom stereocenters. The van der Waals surface area contributed by atoms with Crippen molar-refractivity contribution in [3.63, 3.8) is 0 Å². The zero-order valence-corrected chi connectivity index (χ0v) is 14.8. The van der Waals surface area contributed by atoms with Crippen LogP contribution in [0.3, 0.4) is 0 Å². The van der Waals surface area contributed by atoms with E-state index in [-0.39, 0.29) is 5.82 Å². The summed E-state index contributed by atoms with van der Waals surface area (Å²) in [5.41, 5.74) is 1.21. The summed E-state index contributed by atoms with van der Waals surface area (Å²) < 4.78 is 13.9. The Balaban J connectivity index is 1.92. The van der Waals surface area contributed by atoms with E-state index in [0.29, 0.717) is 10.5 Å². The van der Waals surface area contributed by atoms with E-state index in [1.54, 1.807) is 6.07 Å². The second kappa shape index (κ2) is 8.28. The van der Waals surface area contributed by atoms with Gasteiger partial charge < -0.3 is 5.32 Å². The van der Waals surface area contributed by atoms with Crippen LogP contribution in [0.25, 0.3) is 0 Å². The Labute approximate surface area is 136 Å². The van der Waals surface area contributed by atoms with Crippen molar-refractivity contribution in [2.45, 2.75) is 57.9 Å². The number of nitrogens with one attached hydrogen (secondary N) is 1. The van der Waals surface area contributed by atoms with Crippen LogP contribution in [0.5, 0.6) is 0 Å². The third kappa shape index (κ3) is 4.79. The van der Waals surface area contributed by atoms with Crippen LogP contribution in [-0.2, 0) is 6.42 Å². The summed E-state index contributed by atoms with van der Waals surface area (Å²) in [7, 11) is 2.06. The van der Waals surface area contributed by atoms with Crippen LogP contribution in [0, 0.1) is 17.7 Å². The van der Waals surface area contributed by atoms with E-state index in [2.05, 4.69) is 35.2 Å². The van der Waals surface area contributed by atoms with E-state index < -0.39 is 0 Å². The first-order valence-electron chi connectivity index (χ1n) is 8.25. The Morgan fingerprint density at radius 1 is 1.29 bits per heavy atom. The predicted octanol–water partition coefficient (Wildman–Crippen LogP) is 5.33. The molecule has 1 nitrogen and oxygen atoms in total. The second-order valence-corrected chi connectivity index (χ2v) is 7.27. The third-order valence-corrected chi connectivity index (χ3v) is 5.58. The quantitative estimate of drug-likeness (QED) is 0.727. The van der Waals surface area contributed by atoms with Gasteiger partial charge in [-0.3, -0.25) is 0 Å². The normalized spacial score (nSPS) is 24.0. The number of benzene rings is 1. The Morgan fingerprint density at radius 3 is 2.57 bits per heavy atom. The zero-order valence-electron chi connectivity index (χ0n) is 13.2. The molecular formula is C18H27BrFN. The van der Waals surface area contributed by atoms with Crippen molar-refractivity contribution in [3.8, 4) is 0 Å². The van der Waals surface area contributed by atoms with Crippen molar-refractivity contribution >= 4 is 15.9 Å². The topological polar surface area (TPSA) is 12.0 Å². The summed E-state index contributed by atoms with van der Waals surface area (Å²) in [5.74, 6) is 1.52. The Morgan fingerprint density at radius 2 is 2.00 bits per heavy atom. The summed E-state index contributed by atoms with van der Waals surface area (Å²) in [6, 6.07) is 5.89. The van der Waals surface area contributed by atoms with Crippen molar-refractivity contribution in [1.82, 2.24) is 5.32 Å². The highest BCUT2D eigenvalue weighted by Gasteiger charge is 2.26. The minimum Gasteiger partial charge on any atom is -0.316 e. The van der Waals surface area contributed by atoms with E-state index in [1.807, 2.05) is 12.1 Å². The molecule has 3 heteroatoms. The maximum atomic E-state index is 13.3. The van der Waals surface area contributed by atoms with Crippen molar-refractivity contribution in [2.24, 2.45) is 11.8 Å².